The van der Waals surface area contributed by atoms with Crippen molar-refractivity contribution in [1.29, 1.82) is 0 Å². The van der Waals surface area contributed by atoms with Crippen LogP contribution in [-0.4, -0.2) is 35.4 Å². The molecular weight excluding hydrogens is 230 g/mol. The van der Waals surface area contributed by atoms with Crippen LogP contribution in [0.4, 0.5) is 0 Å². The second-order valence-electron chi connectivity index (χ2n) is 2.42. The van der Waals surface area contributed by atoms with Gasteiger partial charge in [0.15, 0.2) is 0 Å². The minimum atomic E-state index is -0.898. The van der Waals surface area contributed by atoms with Crippen molar-refractivity contribution in [2.24, 2.45) is 5.73 Å². The molecule has 0 aliphatic rings. The lowest BCUT2D eigenvalue weighted by Crippen LogP contribution is -3.00. The van der Waals surface area contributed by atoms with Crippen LogP contribution in [0.15, 0.2) is 0 Å². The Morgan fingerprint density at radius 2 is 2.09 bits per heavy atom. The lowest BCUT2D eigenvalue weighted by Gasteiger charge is -2.02. The molecule has 0 fully saturated rings. The quantitative estimate of drug-likeness (QED) is 0.508. The number of carbonyl (C=O) groups is 1. The fourth-order valence-electron chi connectivity index (χ4n) is 0.486. The Kier molecular flexibility index (Phi) is 8.72. The third-order valence-corrected chi connectivity index (χ3v) is 2.21. The Labute approximate surface area is 80.5 Å². The van der Waals surface area contributed by atoms with E-state index in [2.05, 4.69) is 12.5 Å². The molecule has 3 nitrogen and oxygen atoms in total. The van der Waals surface area contributed by atoms with Gasteiger partial charge in [-0.2, -0.15) is 0 Å². The predicted molar refractivity (Wildman–Crippen MR) is 44.3 cm³/mol. The zero-order valence-electron chi connectivity index (χ0n) is 6.71. The Morgan fingerprint density at radius 3 is 2.36 bits per heavy atom. The van der Waals surface area contributed by atoms with Crippen molar-refractivity contribution in [3.63, 3.8) is 0 Å². The Bertz CT molecular complexity index is 121. The maximum Gasteiger partial charge on any atom is 0.320 e. The van der Waals surface area contributed by atoms with Crippen molar-refractivity contribution >= 4 is 16.9 Å². The molecule has 0 radical (unpaired) electrons. The lowest BCUT2D eigenvalue weighted by atomic mass is 10.2. The molecule has 11 heavy (non-hydrogen) atoms. The van der Waals surface area contributed by atoms with Crippen LogP contribution < -0.4 is 22.7 Å². The van der Waals surface area contributed by atoms with Crippen LogP contribution in [-0.2, 0) is 15.7 Å². The van der Waals surface area contributed by atoms with Crippen molar-refractivity contribution in [2.75, 3.05) is 18.3 Å². The molecule has 0 rings (SSSR count). The van der Waals surface area contributed by atoms with Gasteiger partial charge in [-0.05, 0) is 10.9 Å². The Balaban J connectivity index is 0. The van der Waals surface area contributed by atoms with E-state index in [1.54, 1.807) is 0 Å². The van der Waals surface area contributed by atoms with Crippen LogP contribution in [0, 0.1) is 0 Å². The van der Waals surface area contributed by atoms with Gasteiger partial charge in [0, 0.05) is 6.42 Å². The molecule has 0 bridgehead atoms. The summed E-state index contributed by atoms with van der Waals surface area (Å²) in [6.45, 7) is 0. The minimum Gasteiger partial charge on any atom is -1.00 e. The molecule has 0 aliphatic carbocycles. The zero-order valence-corrected chi connectivity index (χ0v) is 9.11. The van der Waals surface area contributed by atoms with Crippen LogP contribution in [0.1, 0.15) is 6.42 Å². The molecule has 5 heteroatoms. The first-order valence-corrected chi connectivity index (χ1v) is 5.27. The molecule has 0 saturated heterocycles. The summed E-state index contributed by atoms with van der Waals surface area (Å²) >= 11 is 0. The largest absolute Gasteiger partial charge is 1.00 e. The van der Waals surface area contributed by atoms with E-state index < -0.39 is 12.0 Å². The topological polar surface area (TPSA) is 63.3 Å². The smallest absolute Gasteiger partial charge is 0.320 e. The minimum absolute atomic E-state index is 0. The summed E-state index contributed by atoms with van der Waals surface area (Å²) in [6, 6.07) is -0.671. The maximum atomic E-state index is 10.2. The SMILES string of the molecule is C[S+](C)CC[C@@H](N)C(=O)O.[Br-]. The van der Waals surface area contributed by atoms with Gasteiger partial charge in [-0.15, -0.1) is 0 Å². The molecule has 1 atom stereocenters. The summed E-state index contributed by atoms with van der Waals surface area (Å²) in [5, 5.41) is 8.37. The van der Waals surface area contributed by atoms with Crippen LogP contribution in [0.3, 0.4) is 0 Å². The summed E-state index contributed by atoms with van der Waals surface area (Å²) in [4.78, 5) is 10.2. The molecule has 0 aromatic rings. The molecule has 0 aromatic heterocycles. The molecule has 3 N–H and O–H groups in total. The van der Waals surface area contributed by atoms with Crippen molar-refractivity contribution in [3.05, 3.63) is 0 Å². The first-order valence-electron chi connectivity index (χ1n) is 3.06. The van der Waals surface area contributed by atoms with Gasteiger partial charge in [0.25, 0.3) is 0 Å². The average Bonchev–Trinajstić information content (AvgIpc) is 1.82. The van der Waals surface area contributed by atoms with E-state index in [4.69, 9.17) is 10.8 Å². The Morgan fingerprint density at radius 1 is 1.64 bits per heavy atom. The van der Waals surface area contributed by atoms with E-state index in [1.807, 2.05) is 0 Å². The molecule has 0 saturated carbocycles. The molecule has 68 valence electrons. The van der Waals surface area contributed by atoms with Crippen molar-refractivity contribution in [1.82, 2.24) is 0 Å². The highest BCUT2D eigenvalue weighted by Crippen LogP contribution is 1.93. The van der Waals surface area contributed by atoms with E-state index in [0.29, 0.717) is 17.3 Å². The monoisotopic (exact) mass is 243 g/mol. The summed E-state index contributed by atoms with van der Waals surface area (Å²) in [5.41, 5.74) is 5.27. The highest BCUT2D eigenvalue weighted by Gasteiger charge is 2.14. The number of aliphatic carboxylic acids is 1. The fourth-order valence-corrected chi connectivity index (χ4v) is 1.21. The molecule has 0 aromatic carbocycles. The normalized spacial score (nSPS) is 12.4. The van der Waals surface area contributed by atoms with E-state index in [9.17, 15) is 4.79 Å². The van der Waals surface area contributed by atoms with Crippen molar-refractivity contribution in [2.45, 2.75) is 12.5 Å². The fraction of sp³-hybridized carbons (Fsp3) is 0.833. The van der Waals surface area contributed by atoms with Gasteiger partial charge in [0.1, 0.15) is 11.8 Å². The Hall–Kier alpha value is 0.260. The molecule has 0 aliphatic heterocycles. The second kappa shape index (κ2) is 6.94. The maximum absolute atomic E-state index is 10.2. The van der Waals surface area contributed by atoms with Gasteiger partial charge < -0.3 is 27.8 Å². The summed E-state index contributed by atoms with van der Waals surface area (Å²) in [7, 11) is 0.304. The number of nitrogens with two attached hydrogens (primary N) is 1. The van der Waals surface area contributed by atoms with Crippen molar-refractivity contribution in [3.8, 4) is 0 Å². The number of hydrogen-bond acceptors (Lipinski definition) is 2. The van der Waals surface area contributed by atoms with E-state index in [-0.39, 0.29) is 17.0 Å². The van der Waals surface area contributed by atoms with E-state index >= 15 is 0 Å². The lowest BCUT2D eigenvalue weighted by molar-refractivity contribution is -0.138. The van der Waals surface area contributed by atoms with Crippen molar-refractivity contribution < 1.29 is 26.9 Å². The van der Waals surface area contributed by atoms with Gasteiger partial charge >= 0.3 is 5.97 Å². The standard InChI is InChI=1S/C6H13NO2S.BrH/c1-10(2)4-3-5(7)6(8)9;/h5H,3-4,7H2,1-2H3;1H/t5-;/m1./s1. The number of carboxylic acids is 1. The second-order valence-corrected chi connectivity index (χ2v) is 4.80. The first-order chi connectivity index (χ1) is 4.54. The van der Waals surface area contributed by atoms with Crippen LogP contribution in [0.2, 0.25) is 0 Å². The third-order valence-electron chi connectivity index (χ3n) is 1.15. The molecule has 0 amide bonds. The highest BCUT2D eigenvalue weighted by atomic mass is 79.9. The van der Waals surface area contributed by atoms with E-state index in [0.717, 1.165) is 5.75 Å². The number of carboxylic acid groups (broad SMARTS) is 1. The van der Waals surface area contributed by atoms with Gasteiger partial charge in [0.05, 0.1) is 12.5 Å². The average molecular weight is 244 g/mol. The first kappa shape index (κ1) is 13.8. The summed E-state index contributed by atoms with van der Waals surface area (Å²) < 4.78 is 0. The molecule has 0 heterocycles. The number of rotatable bonds is 4. The van der Waals surface area contributed by atoms with Crippen LogP contribution in [0.25, 0.3) is 0 Å². The number of hydrogen-bond donors (Lipinski definition) is 2. The third kappa shape index (κ3) is 8.16. The van der Waals surface area contributed by atoms with Gasteiger partial charge in [-0.3, -0.25) is 4.79 Å². The van der Waals surface area contributed by atoms with Crippen LogP contribution in [0.5, 0.6) is 0 Å². The molecule has 0 unspecified atom stereocenters. The summed E-state index contributed by atoms with van der Waals surface area (Å²) in [5.74, 6) is 0.0125. The molecule has 0 spiro atoms. The van der Waals surface area contributed by atoms with Crippen LogP contribution >= 0.6 is 0 Å². The summed E-state index contributed by atoms with van der Waals surface area (Å²) in [6.07, 6.45) is 4.74. The zero-order chi connectivity index (χ0) is 8.15. The van der Waals surface area contributed by atoms with E-state index in [1.165, 1.54) is 0 Å². The van der Waals surface area contributed by atoms with Gasteiger partial charge in [0.2, 0.25) is 0 Å². The van der Waals surface area contributed by atoms with Gasteiger partial charge in [-0.25, -0.2) is 0 Å². The predicted octanol–water partition coefficient (Wildman–Crippen LogP) is -3.33. The molecular formula is C6H14BrNO2S. The highest BCUT2D eigenvalue weighted by molar-refractivity contribution is 7.95. The number of halogens is 1. The van der Waals surface area contributed by atoms with Gasteiger partial charge in [-0.1, -0.05) is 0 Å².